The molecule has 0 bridgehead atoms. The normalized spacial score (nSPS) is 13.1. The third-order valence-corrected chi connectivity index (χ3v) is 3.92. The maximum Gasteiger partial charge on any atom is 0.236 e. The fourth-order valence-corrected chi connectivity index (χ4v) is 2.32. The predicted molar refractivity (Wildman–Crippen MR) is 83.4 cm³/mol. The van der Waals surface area contributed by atoms with Crippen LogP contribution in [0.2, 0.25) is 0 Å². The summed E-state index contributed by atoms with van der Waals surface area (Å²) in [6.07, 6.45) is 2.64. The molecule has 3 N–H and O–H groups in total. The SMILES string of the molecule is CSCC[C@H](N)C(=O)NCC(C)(C)c1cccc(F)c1. The van der Waals surface area contributed by atoms with Gasteiger partial charge < -0.3 is 11.1 Å². The number of benzene rings is 1. The molecular weight excluding hydrogens is 275 g/mol. The second kappa shape index (κ2) is 7.64. The van der Waals surface area contributed by atoms with Crippen LogP contribution in [0.4, 0.5) is 4.39 Å². The minimum atomic E-state index is -0.481. The van der Waals surface area contributed by atoms with Crippen LogP contribution in [0.5, 0.6) is 0 Å². The van der Waals surface area contributed by atoms with Crippen molar-refractivity contribution in [2.75, 3.05) is 18.6 Å². The summed E-state index contributed by atoms with van der Waals surface area (Å²) in [6.45, 7) is 4.37. The summed E-state index contributed by atoms with van der Waals surface area (Å²) in [5, 5.41) is 2.85. The van der Waals surface area contributed by atoms with E-state index in [4.69, 9.17) is 5.73 Å². The van der Waals surface area contributed by atoms with E-state index in [1.54, 1.807) is 17.8 Å². The van der Waals surface area contributed by atoms with E-state index in [9.17, 15) is 9.18 Å². The Labute approximate surface area is 124 Å². The van der Waals surface area contributed by atoms with Gasteiger partial charge in [-0.3, -0.25) is 4.79 Å². The quantitative estimate of drug-likeness (QED) is 0.812. The van der Waals surface area contributed by atoms with E-state index in [1.807, 2.05) is 26.2 Å². The van der Waals surface area contributed by atoms with Crippen LogP contribution in [0.25, 0.3) is 0 Å². The molecule has 3 nitrogen and oxygen atoms in total. The zero-order valence-electron chi connectivity index (χ0n) is 12.3. The van der Waals surface area contributed by atoms with Crippen molar-refractivity contribution in [2.45, 2.75) is 31.7 Å². The van der Waals surface area contributed by atoms with Gasteiger partial charge in [0.25, 0.3) is 0 Å². The van der Waals surface area contributed by atoms with Crippen molar-refractivity contribution >= 4 is 17.7 Å². The average molecular weight is 298 g/mol. The van der Waals surface area contributed by atoms with E-state index >= 15 is 0 Å². The highest BCUT2D eigenvalue weighted by molar-refractivity contribution is 7.98. The fourth-order valence-electron chi connectivity index (χ4n) is 1.83. The van der Waals surface area contributed by atoms with Crippen molar-refractivity contribution in [3.8, 4) is 0 Å². The molecule has 0 aromatic heterocycles. The van der Waals surface area contributed by atoms with Crippen LogP contribution in [-0.2, 0) is 10.2 Å². The van der Waals surface area contributed by atoms with Crippen molar-refractivity contribution in [3.05, 3.63) is 35.6 Å². The van der Waals surface area contributed by atoms with Crippen molar-refractivity contribution in [1.82, 2.24) is 5.32 Å². The van der Waals surface area contributed by atoms with Crippen LogP contribution in [0.1, 0.15) is 25.8 Å². The number of nitrogens with one attached hydrogen (secondary N) is 1. The van der Waals surface area contributed by atoms with Gasteiger partial charge in [0, 0.05) is 12.0 Å². The van der Waals surface area contributed by atoms with Crippen molar-refractivity contribution < 1.29 is 9.18 Å². The molecule has 1 aromatic carbocycles. The first-order valence-electron chi connectivity index (χ1n) is 6.65. The van der Waals surface area contributed by atoms with Crippen LogP contribution in [0.15, 0.2) is 24.3 Å². The maximum atomic E-state index is 13.3. The second-order valence-corrected chi connectivity index (χ2v) is 6.49. The Morgan fingerprint density at radius 3 is 2.80 bits per heavy atom. The zero-order chi connectivity index (χ0) is 15.2. The molecule has 0 aliphatic heterocycles. The van der Waals surface area contributed by atoms with Gasteiger partial charge >= 0.3 is 0 Å². The van der Waals surface area contributed by atoms with Gasteiger partial charge in [0.1, 0.15) is 5.82 Å². The minimum Gasteiger partial charge on any atom is -0.354 e. The summed E-state index contributed by atoms with van der Waals surface area (Å²) in [7, 11) is 0. The molecule has 0 spiro atoms. The van der Waals surface area contributed by atoms with Gasteiger partial charge in [-0.1, -0.05) is 26.0 Å². The Hall–Kier alpha value is -1.07. The Bertz CT molecular complexity index is 451. The number of halogens is 1. The van der Waals surface area contributed by atoms with Gasteiger partial charge in [-0.2, -0.15) is 11.8 Å². The molecule has 0 saturated heterocycles. The van der Waals surface area contributed by atoms with E-state index < -0.39 is 6.04 Å². The molecule has 5 heteroatoms. The summed E-state index contributed by atoms with van der Waals surface area (Å²) in [6, 6.07) is 5.98. The Kier molecular flexibility index (Phi) is 6.49. The summed E-state index contributed by atoms with van der Waals surface area (Å²) in [4.78, 5) is 11.9. The van der Waals surface area contributed by atoms with Crippen LogP contribution < -0.4 is 11.1 Å². The molecule has 1 rings (SSSR count). The van der Waals surface area contributed by atoms with Crippen molar-refractivity contribution in [1.29, 1.82) is 0 Å². The monoisotopic (exact) mass is 298 g/mol. The fraction of sp³-hybridized carbons (Fsp3) is 0.533. The number of rotatable bonds is 7. The van der Waals surface area contributed by atoms with E-state index in [-0.39, 0.29) is 17.1 Å². The zero-order valence-corrected chi connectivity index (χ0v) is 13.1. The summed E-state index contributed by atoms with van der Waals surface area (Å²) < 4.78 is 13.3. The van der Waals surface area contributed by atoms with Crippen molar-refractivity contribution in [2.24, 2.45) is 5.73 Å². The Balaban J connectivity index is 2.57. The number of hydrogen-bond acceptors (Lipinski definition) is 3. The molecule has 0 unspecified atom stereocenters. The lowest BCUT2D eigenvalue weighted by Crippen LogP contribution is -2.45. The van der Waals surface area contributed by atoms with E-state index in [2.05, 4.69) is 5.32 Å². The van der Waals surface area contributed by atoms with Gasteiger partial charge in [-0.05, 0) is 36.1 Å². The molecule has 112 valence electrons. The summed E-state index contributed by atoms with van der Waals surface area (Å²) in [5.74, 6) is 0.448. The van der Waals surface area contributed by atoms with Gasteiger partial charge in [-0.15, -0.1) is 0 Å². The Morgan fingerprint density at radius 1 is 1.50 bits per heavy atom. The lowest BCUT2D eigenvalue weighted by atomic mass is 9.84. The lowest BCUT2D eigenvalue weighted by molar-refractivity contribution is -0.122. The molecule has 0 radical (unpaired) electrons. The molecule has 0 saturated carbocycles. The lowest BCUT2D eigenvalue weighted by Gasteiger charge is -2.26. The molecular formula is C15H23FN2OS. The van der Waals surface area contributed by atoms with Crippen molar-refractivity contribution in [3.63, 3.8) is 0 Å². The number of nitrogens with two attached hydrogens (primary N) is 1. The van der Waals surface area contributed by atoms with Gasteiger partial charge in [-0.25, -0.2) is 4.39 Å². The van der Waals surface area contributed by atoms with Gasteiger partial charge in [0.15, 0.2) is 0 Å². The van der Waals surface area contributed by atoms with Gasteiger partial charge in [0.2, 0.25) is 5.91 Å². The third kappa shape index (κ3) is 5.13. The average Bonchev–Trinajstić information content (AvgIpc) is 2.42. The Morgan fingerprint density at radius 2 is 2.20 bits per heavy atom. The summed E-state index contributed by atoms with van der Waals surface area (Å²) >= 11 is 1.67. The summed E-state index contributed by atoms with van der Waals surface area (Å²) in [5.41, 5.74) is 6.33. The van der Waals surface area contributed by atoms with Crippen LogP contribution >= 0.6 is 11.8 Å². The standard InChI is InChI=1S/C15H23FN2OS/c1-15(2,11-5-4-6-12(16)9-11)10-18-14(19)13(17)7-8-20-3/h4-6,9,13H,7-8,10,17H2,1-3H3,(H,18,19)/t13-/m0/s1. The minimum absolute atomic E-state index is 0.150. The van der Waals surface area contributed by atoms with E-state index in [0.717, 1.165) is 11.3 Å². The number of carbonyl (C=O) groups is 1. The molecule has 1 amide bonds. The predicted octanol–water partition coefficient (Wildman–Crippen LogP) is 2.30. The first-order chi connectivity index (χ1) is 9.36. The molecule has 0 aliphatic carbocycles. The smallest absolute Gasteiger partial charge is 0.236 e. The number of thioether (sulfide) groups is 1. The van der Waals surface area contributed by atoms with Crippen LogP contribution in [0, 0.1) is 5.82 Å². The third-order valence-electron chi connectivity index (χ3n) is 3.28. The number of amides is 1. The highest BCUT2D eigenvalue weighted by atomic mass is 32.2. The topological polar surface area (TPSA) is 55.1 Å². The molecule has 20 heavy (non-hydrogen) atoms. The van der Waals surface area contributed by atoms with E-state index in [1.165, 1.54) is 12.1 Å². The van der Waals surface area contributed by atoms with Crippen LogP contribution in [0.3, 0.4) is 0 Å². The maximum absolute atomic E-state index is 13.3. The first-order valence-corrected chi connectivity index (χ1v) is 8.04. The highest BCUT2D eigenvalue weighted by Crippen LogP contribution is 2.22. The first kappa shape index (κ1) is 17.0. The molecule has 0 aliphatic rings. The second-order valence-electron chi connectivity index (χ2n) is 5.50. The highest BCUT2D eigenvalue weighted by Gasteiger charge is 2.23. The van der Waals surface area contributed by atoms with Crippen LogP contribution in [-0.4, -0.2) is 30.5 Å². The van der Waals surface area contributed by atoms with Gasteiger partial charge in [0.05, 0.1) is 6.04 Å². The molecule has 0 heterocycles. The van der Waals surface area contributed by atoms with E-state index in [0.29, 0.717) is 13.0 Å². The largest absolute Gasteiger partial charge is 0.354 e. The molecule has 1 aromatic rings. The molecule has 1 atom stereocenters. The molecule has 0 fully saturated rings. The number of carbonyl (C=O) groups excluding carboxylic acids is 1. The number of hydrogen-bond donors (Lipinski definition) is 2.